The third kappa shape index (κ3) is 5.23. The van der Waals surface area contributed by atoms with Crippen LogP contribution in [0.2, 0.25) is 5.02 Å². The predicted molar refractivity (Wildman–Crippen MR) is 115 cm³/mol. The van der Waals surface area contributed by atoms with Crippen molar-refractivity contribution in [2.24, 2.45) is 5.10 Å². The van der Waals surface area contributed by atoms with Gasteiger partial charge in [0.25, 0.3) is 15.9 Å². The molecule has 3 aromatic carbocycles. The van der Waals surface area contributed by atoms with Crippen LogP contribution in [-0.4, -0.2) is 20.5 Å². The Kier molecular flexibility index (Phi) is 6.47. The number of carbonyl (C=O) groups is 1. The van der Waals surface area contributed by atoms with Gasteiger partial charge in [0.15, 0.2) is 0 Å². The van der Waals surface area contributed by atoms with Crippen LogP contribution in [0, 0.1) is 11.3 Å². The zero-order chi connectivity index (χ0) is 21.6. The van der Waals surface area contributed by atoms with Gasteiger partial charge in [-0.2, -0.15) is 10.4 Å². The van der Waals surface area contributed by atoms with Crippen LogP contribution in [0.4, 0.5) is 5.69 Å². The molecule has 30 heavy (non-hydrogen) atoms. The Morgan fingerprint density at radius 1 is 1.03 bits per heavy atom. The minimum Gasteiger partial charge on any atom is -0.278 e. The van der Waals surface area contributed by atoms with Crippen molar-refractivity contribution in [2.45, 2.75) is 4.90 Å². The molecule has 3 aromatic rings. The summed E-state index contributed by atoms with van der Waals surface area (Å²) in [5, 5.41) is 12.9. The molecule has 0 atom stereocenters. The molecule has 0 saturated carbocycles. The number of nitrogens with zero attached hydrogens (tertiary/aromatic N) is 2. The minimum absolute atomic E-state index is 0.0915. The summed E-state index contributed by atoms with van der Waals surface area (Å²) in [6.45, 7) is 0. The third-order valence-electron chi connectivity index (χ3n) is 3.94. The minimum atomic E-state index is -3.94. The Morgan fingerprint density at radius 3 is 2.47 bits per heavy atom. The summed E-state index contributed by atoms with van der Waals surface area (Å²) in [6.07, 6.45) is 1.42. The van der Waals surface area contributed by atoms with Gasteiger partial charge >= 0.3 is 0 Å². The summed E-state index contributed by atoms with van der Waals surface area (Å²) in [6, 6.07) is 20.6. The van der Waals surface area contributed by atoms with Crippen molar-refractivity contribution in [1.82, 2.24) is 5.43 Å². The van der Waals surface area contributed by atoms with E-state index in [1.54, 1.807) is 42.5 Å². The molecule has 0 fully saturated rings. The molecule has 0 spiro atoms. The molecule has 0 heterocycles. The highest BCUT2D eigenvalue weighted by Gasteiger charge is 2.17. The van der Waals surface area contributed by atoms with Gasteiger partial charge in [0, 0.05) is 5.56 Å². The van der Waals surface area contributed by atoms with Gasteiger partial charge in [-0.05, 0) is 48.0 Å². The predicted octanol–water partition coefficient (Wildman–Crippen LogP) is 3.78. The number of nitriles is 1. The number of amides is 1. The van der Waals surface area contributed by atoms with E-state index in [1.165, 1.54) is 36.5 Å². The fourth-order valence-electron chi connectivity index (χ4n) is 2.43. The van der Waals surface area contributed by atoms with Crippen LogP contribution in [0.1, 0.15) is 21.5 Å². The van der Waals surface area contributed by atoms with Crippen molar-refractivity contribution in [3.63, 3.8) is 0 Å². The number of hydrazone groups is 1. The van der Waals surface area contributed by atoms with Gasteiger partial charge in [0.05, 0.1) is 33.5 Å². The maximum absolute atomic E-state index is 12.6. The fraction of sp³-hybridized carbons (Fsp3) is 0. The Labute approximate surface area is 178 Å². The van der Waals surface area contributed by atoms with Crippen molar-refractivity contribution in [3.8, 4) is 6.07 Å². The SMILES string of the molecule is N#Cc1ccc(C=NNC(=O)c2cccc(S(=O)(=O)Nc3ccccc3Cl)c2)cc1. The molecule has 0 aromatic heterocycles. The molecular weight excluding hydrogens is 424 g/mol. The first-order valence-corrected chi connectivity index (χ1v) is 10.5. The van der Waals surface area contributed by atoms with Gasteiger partial charge in [0.2, 0.25) is 0 Å². The first-order valence-electron chi connectivity index (χ1n) is 8.60. The van der Waals surface area contributed by atoms with Crippen LogP contribution in [-0.2, 0) is 10.0 Å². The van der Waals surface area contributed by atoms with Gasteiger partial charge in [-0.25, -0.2) is 13.8 Å². The Morgan fingerprint density at radius 2 is 1.77 bits per heavy atom. The maximum atomic E-state index is 12.6. The lowest BCUT2D eigenvalue weighted by Crippen LogP contribution is -2.19. The van der Waals surface area contributed by atoms with Gasteiger partial charge in [-0.15, -0.1) is 0 Å². The molecule has 7 nitrogen and oxygen atoms in total. The number of hydrogen-bond acceptors (Lipinski definition) is 5. The molecule has 3 rings (SSSR count). The van der Waals surface area contributed by atoms with Crippen molar-refractivity contribution < 1.29 is 13.2 Å². The van der Waals surface area contributed by atoms with Crippen LogP contribution in [0.5, 0.6) is 0 Å². The number of nitrogens with one attached hydrogen (secondary N) is 2. The molecule has 0 aliphatic rings. The standard InChI is InChI=1S/C21H15ClN4O3S/c22-19-6-1-2-7-20(19)26-30(28,29)18-5-3-4-17(12-18)21(27)25-24-14-16-10-8-15(13-23)9-11-16/h1-12,14,26H,(H,25,27). The largest absolute Gasteiger partial charge is 0.278 e. The van der Waals surface area contributed by atoms with Gasteiger partial charge in [-0.3, -0.25) is 9.52 Å². The molecular formula is C21H15ClN4O3S. The highest BCUT2D eigenvalue weighted by molar-refractivity contribution is 7.92. The van der Waals surface area contributed by atoms with Gasteiger partial charge in [0.1, 0.15) is 0 Å². The van der Waals surface area contributed by atoms with E-state index in [2.05, 4.69) is 15.2 Å². The topological polar surface area (TPSA) is 111 Å². The van der Waals surface area contributed by atoms with E-state index in [4.69, 9.17) is 16.9 Å². The summed E-state index contributed by atoms with van der Waals surface area (Å²) < 4.78 is 27.7. The van der Waals surface area contributed by atoms with Gasteiger partial charge in [-0.1, -0.05) is 41.9 Å². The lowest BCUT2D eigenvalue weighted by Gasteiger charge is -2.10. The first kappa shape index (κ1) is 21.0. The van der Waals surface area contributed by atoms with Gasteiger partial charge < -0.3 is 0 Å². The van der Waals surface area contributed by atoms with E-state index in [9.17, 15) is 13.2 Å². The quantitative estimate of drug-likeness (QED) is 0.450. The second-order valence-corrected chi connectivity index (χ2v) is 8.14. The summed E-state index contributed by atoms with van der Waals surface area (Å²) in [5.41, 5.74) is 3.90. The monoisotopic (exact) mass is 438 g/mol. The van der Waals surface area contributed by atoms with E-state index in [0.29, 0.717) is 11.1 Å². The smallest absolute Gasteiger partial charge is 0.271 e. The maximum Gasteiger partial charge on any atom is 0.271 e. The van der Waals surface area contributed by atoms with Crippen LogP contribution in [0.25, 0.3) is 0 Å². The van der Waals surface area contributed by atoms with E-state index in [1.807, 2.05) is 6.07 Å². The number of para-hydroxylation sites is 1. The van der Waals surface area contributed by atoms with E-state index < -0.39 is 15.9 Å². The zero-order valence-electron chi connectivity index (χ0n) is 15.4. The number of sulfonamides is 1. The van der Waals surface area contributed by atoms with Crippen LogP contribution in [0.3, 0.4) is 0 Å². The van der Waals surface area contributed by atoms with Crippen molar-refractivity contribution in [1.29, 1.82) is 5.26 Å². The summed E-state index contributed by atoms with van der Waals surface area (Å²) in [7, 11) is -3.94. The number of benzene rings is 3. The van der Waals surface area contributed by atoms with Crippen molar-refractivity contribution >= 4 is 39.4 Å². The molecule has 0 aliphatic carbocycles. The molecule has 9 heteroatoms. The molecule has 1 amide bonds. The average Bonchev–Trinajstić information content (AvgIpc) is 2.76. The first-order chi connectivity index (χ1) is 14.4. The molecule has 150 valence electrons. The fourth-order valence-corrected chi connectivity index (χ4v) is 3.79. The highest BCUT2D eigenvalue weighted by Crippen LogP contribution is 2.24. The van der Waals surface area contributed by atoms with Crippen LogP contribution < -0.4 is 10.1 Å². The van der Waals surface area contributed by atoms with E-state index >= 15 is 0 Å². The number of carbonyl (C=O) groups excluding carboxylic acids is 1. The molecule has 0 saturated heterocycles. The lowest BCUT2D eigenvalue weighted by molar-refractivity contribution is 0.0955. The molecule has 0 aliphatic heterocycles. The highest BCUT2D eigenvalue weighted by atomic mass is 35.5. The summed E-state index contributed by atoms with van der Waals surface area (Å²) in [5.74, 6) is -0.574. The second kappa shape index (κ2) is 9.22. The Balaban J connectivity index is 1.72. The van der Waals surface area contributed by atoms with E-state index in [0.717, 1.165) is 0 Å². The molecule has 0 bridgehead atoms. The third-order valence-corrected chi connectivity index (χ3v) is 5.64. The molecule has 0 radical (unpaired) electrons. The van der Waals surface area contributed by atoms with Crippen LogP contribution in [0.15, 0.2) is 82.8 Å². The molecule has 2 N–H and O–H groups in total. The van der Waals surface area contributed by atoms with Crippen molar-refractivity contribution in [2.75, 3.05) is 4.72 Å². The zero-order valence-corrected chi connectivity index (χ0v) is 17.0. The Hall–Kier alpha value is -3.67. The number of hydrogen-bond donors (Lipinski definition) is 2. The Bertz CT molecular complexity index is 1250. The number of halogens is 1. The summed E-state index contributed by atoms with van der Waals surface area (Å²) in [4.78, 5) is 12.2. The number of rotatable bonds is 6. The second-order valence-electron chi connectivity index (χ2n) is 6.05. The normalized spacial score (nSPS) is 11.1. The lowest BCUT2D eigenvalue weighted by atomic mass is 10.2. The summed E-state index contributed by atoms with van der Waals surface area (Å²) >= 11 is 6.00. The van der Waals surface area contributed by atoms with E-state index in [-0.39, 0.29) is 21.2 Å². The van der Waals surface area contributed by atoms with Crippen LogP contribution >= 0.6 is 11.6 Å². The van der Waals surface area contributed by atoms with Crippen molar-refractivity contribution in [3.05, 3.63) is 94.5 Å². The number of anilines is 1. The molecule has 0 unspecified atom stereocenters. The average molecular weight is 439 g/mol.